The smallest absolute Gasteiger partial charge is 0.161 e. The molecule has 0 amide bonds. The number of phenols is 2. The van der Waals surface area contributed by atoms with Crippen LogP contribution in [0.15, 0.2) is 42.5 Å². The second-order valence-electron chi connectivity index (χ2n) is 5.19. The van der Waals surface area contributed by atoms with Crippen LogP contribution < -0.4 is 0 Å². The molecule has 3 rings (SSSR count). The number of rotatable bonds is 1. The van der Waals surface area contributed by atoms with E-state index < -0.39 is 0 Å². The van der Waals surface area contributed by atoms with E-state index in [2.05, 4.69) is 6.07 Å². The molecule has 3 aromatic rings. The van der Waals surface area contributed by atoms with Gasteiger partial charge in [0.05, 0.1) is 0 Å². The molecule has 0 saturated heterocycles. The third-order valence-electron chi connectivity index (χ3n) is 3.62. The largest absolute Gasteiger partial charge is 0.504 e. The van der Waals surface area contributed by atoms with Crippen molar-refractivity contribution in [1.29, 1.82) is 0 Å². The van der Waals surface area contributed by atoms with Gasteiger partial charge in [0.15, 0.2) is 11.5 Å². The highest BCUT2D eigenvalue weighted by molar-refractivity contribution is 6.09. The maximum Gasteiger partial charge on any atom is 0.161 e. The van der Waals surface area contributed by atoms with Crippen LogP contribution in [0.1, 0.15) is 25.3 Å². The van der Waals surface area contributed by atoms with Crippen molar-refractivity contribution < 1.29 is 10.2 Å². The summed E-state index contributed by atoms with van der Waals surface area (Å²) in [6, 6.07) is 13.8. The van der Waals surface area contributed by atoms with Crippen LogP contribution in [0.5, 0.6) is 11.5 Å². The molecule has 0 fully saturated rings. The van der Waals surface area contributed by atoms with Gasteiger partial charge in [-0.2, -0.15) is 0 Å². The Kier molecular flexibility index (Phi) is 2.59. The average molecular weight is 252 g/mol. The van der Waals surface area contributed by atoms with Crippen molar-refractivity contribution in [3.05, 3.63) is 48.0 Å². The molecule has 96 valence electrons. The minimum atomic E-state index is -0.0486. The van der Waals surface area contributed by atoms with Gasteiger partial charge in [-0.3, -0.25) is 0 Å². The number of phenolic OH excluding ortho intramolecular Hbond substituents is 2. The second kappa shape index (κ2) is 4.16. The fraction of sp³-hybridized carbons (Fsp3) is 0.176. The van der Waals surface area contributed by atoms with E-state index in [0.29, 0.717) is 0 Å². The quantitative estimate of drug-likeness (QED) is 0.493. The van der Waals surface area contributed by atoms with Gasteiger partial charge < -0.3 is 10.2 Å². The summed E-state index contributed by atoms with van der Waals surface area (Å²) in [5.41, 5.74) is 0.806. The van der Waals surface area contributed by atoms with E-state index in [1.165, 1.54) is 0 Å². The fourth-order valence-electron chi connectivity index (χ4n) is 2.74. The molecule has 0 radical (unpaired) electrons. The first-order valence-electron chi connectivity index (χ1n) is 6.46. The Morgan fingerprint density at radius 3 is 2.32 bits per heavy atom. The number of fused-ring (bicyclic) bond motifs is 3. The van der Waals surface area contributed by atoms with Gasteiger partial charge in [-0.1, -0.05) is 50.2 Å². The lowest BCUT2D eigenvalue weighted by Crippen LogP contribution is -1.92. The molecular weight excluding hydrogens is 236 g/mol. The maximum atomic E-state index is 10.1. The van der Waals surface area contributed by atoms with Gasteiger partial charge in [0, 0.05) is 5.56 Å². The maximum absolute atomic E-state index is 10.1. The molecule has 0 aromatic heterocycles. The van der Waals surface area contributed by atoms with Crippen molar-refractivity contribution in [2.75, 3.05) is 0 Å². The normalized spacial score (nSPS) is 11.5. The zero-order chi connectivity index (χ0) is 13.6. The molecule has 0 atom stereocenters. The molecule has 0 aliphatic carbocycles. The summed E-state index contributed by atoms with van der Waals surface area (Å²) in [6.07, 6.45) is 0. The predicted molar refractivity (Wildman–Crippen MR) is 78.9 cm³/mol. The molecule has 3 aromatic carbocycles. The van der Waals surface area contributed by atoms with E-state index in [0.717, 1.165) is 27.1 Å². The molecule has 0 aliphatic rings. The summed E-state index contributed by atoms with van der Waals surface area (Å²) >= 11 is 0. The summed E-state index contributed by atoms with van der Waals surface area (Å²) in [4.78, 5) is 0. The number of aromatic hydroxyl groups is 2. The Labute approximate surface area is 111 Å². The second-order valence-corrected chi connectivity index (χ2v) is 5.19. The molecule has 2 N–H and O–H groups in total. The minimum Gasteiger partial charge on any atom is -0.504 e. The molecule has 0 bridgehead atoms. The van der Waals surface area contributed by atoms with E-state index in [1.54, 1.807) is 6.07 Å². The zero-order valence-electron chi connectivity index (χ0n) is 11.0. The van der Waals surface area contributed by atoms with Crippen LogP contribution in [0.2, 0.25) is 0 Å². The van der Waals surface area contributed by atoms with Gasteiger partial charge in [-0.25, -0.2) is 0 Å². The topological polar surface area (TPSA) is 40.5 Å². The molecule has 0 aliphatic heterocycles. The van der Waals surface area contributed by atoms with Gasteiger partial charge in [0.2, 0.25) is 0 Å². The lowest BCUT2D eigenvalue weighted by Gasteiger charge is -2.15. The van der Waals surface area contributed by atoms with Gasteiger partial charge in [0.1, 0.15) is 0 Å². The lowest BCUT2D eigenvalue weighted by atomic mass is 9.92. The Hall–Kier alpha value is -2.22. The fourth-order valence-corrected chi connectivity index (χ4v) is 2.74. The minimum absolute atomic E-state index is 0.00205. The molecule has 0 unspecified atom stereocenters. The monoisotopic (exact) mass is 252 g/mol. The van der Waals surface area contributed by atoms with Gasteiger partial charge >= 0.3 is 0 Å². The molecular formula is C17H16O2. The van der Waals surface area contributed by atoms with Crippen molar-refractivity contribution in [1.82, 2.24) is 0 Å². The lowest BCUT2D eigenvalue weighted by molar-refractivity contribution is 0.399. The summed E-state index contributed by atoms with van der Waals surface area (Å²) in [6.45, 7) is 4.03. The molecule has 0 saturated carbocycles. The summed E-state index contributed by atoms with van der Waals surface area (Å²) in [5, 5.41) is 24.3. The Morgan fingerprint density at radius 2 is 1.58 bits per heavy atom. The number of benzene rings is 3. The first-order chi connectivity index (χ1) is 9.09. The van der Waals surface area contributed by atoms with Crippen molar-refractivity contribution >= 4 is 21.5 Å². The first-order valence-corrected chi connectivity index (χ1v) is 6.46. The van der Waals surface area contributed by atoms with Crippen LogP contribution in [0.4, 0.5) is 0 Å². The Bertz CT molecular complexity index is 773. The van der Waals surface area contributed by atoms with E-state index in [4.69, 9.17) is 0 Å². The van der Waals surface area contributed by atoms with Crippen LogP contribution in [0.25, 0.3) is 21.5 Å². The Morgan fingerprint density at radius 1 is 0.842 bits per heavy atom. The SMILES string of the molecule is CC(C)c1c(O)c(O)cc2c1ccc1ccccc12. The Balaban J connectivity index is 2.55. The molecule has 0 spiro atoms. The molecule has 2 heteroatoms. The van der Waals surface area contributed by atoms with E-state index >= 15 is 0 Å². The van der Waals surface area contributed by atoms with Crippen LogP contribution in [0.3, 0.4) is 0 Å². The first kappa shape index (κ1) is 11.8. The van der Waals surface area contributed by atoms with E-state index in [-0.39, 0.29) is 17.4 Å². The standard InChI is InChI=1S/C17H16O2/c1-10(2)16-13-8-7-11-5-3-4-6-12(11)14(13)9-15(18)17(16)19/h3-10,18-19H,1-2H3. The van der Waals surface area contributed by atoms with Crippen LogP contribution in [-0.4, -0.2) is 10.2 Å². The van der Waals surface area contributed by atoms with Crippen molar-refractivity contribution in [3.8, 4) is 11.5 Å². The van der Waals surface area contributed by atoms with Gasteiger partial charge in [-0.15, -0.1) is 0 Å². The molecule has 2 nitrogen and oxygen atoms in total. The highest BCUT2D eigenvalue weighted by Gasteiger charge is 2.16. The van der Waals surface area contributed by atoms with E-state index in [1.807, 2.05) is 44.2 Å². The highest BCUT2D eigenvalue weighted by Crippen LogP contribution is 2.42. The third-order valence-corrected chi connectivity index (χ3v) is 3.62. The van der Waals surface area contributed by atoms with Gasteiger partial charge in [0.25, 0.3) is 0 Å². The molecule has 19 heavy (non-hydrogen) atoms. The molecule has 0 heterocycles. The summed E-state index contributed by atoms with van der Waals surface area (Å²) in [7, 11) is 0. The third kappa shape index (κ3) is 1.72. The van der Waals surface area contributed by atoms with Crippen molar-refractivity contribution in [2.45, 2.75) is 19.8 Å². The number of hydrogen-bond donors (Lipinski definition) is 2. The van der Waals surface area contributed by atoms with Crippen molar-refractivity contribution in [2.24, 2.45) is 0 Å². The van der Waals surface area contributed by atoms with Crippen LogP contribution in [-0.2, 0) is 0 Å². The highest BCUT2D eigenvalue weighted by atomic mass is 16.3. The summed E-state index contributed by atoms with van der Waals surface area (Å²) in [5.74, 6) is 0.0982. The van der Waals surface area contributed by atoms with Gasteiger partial charge in [-0.05, 0) is 33.5 Å². The number of hydrogen-bond acceptors (Lipinski definition) is 2. The van der Waals surface area contributed by atoms with E-state index in [9.17, 15) is 10.2 Å². The zero-order valence-corrected chi connectivity index (χ0v) is 11.0. The van der Waals surface area contributed by atoms with Crippen molar-refractivity contribution in [3.63, 3.8) is 0 Å². The predicted octanol–water partition coefficient (Wildman–Crippen LogP) is 4.53. The van der Waals surface area contributed by atoms with Crippen LogP contribution >= 0.6 is 0 Å². The summed E-state index contributed by atoms with van der Waals surface area (Å²) < 4.78 is 0. The average Bonchev–Trinajstić information content (AvgIpc) is 2.40. The van der Waals surface area contributed by atoms with Crippen LogP contribution in [0, 0.1) is 0 Å².